The third kappa shape index (κ3) is 3.24. The molecule has 0 unspecified atom stereocenters. The third-order valence-electron chi connectivity index (χ3n) is 4.57. The predicted octanol–water partition coefficient (Wildman–Crippen LogP) is 2.80. The van der Waals surface area contributed by atoms with Gasteiger partial charge >= 0.3 is 5.97 Å². The van der Waals surface area contributed by atoms with E-state index in [9.17, 15) is 20.2 Å². The molecule has 2 N–H and O–H groups in total. The van der Waals surface area contributed by atoms with Gasteiger partial charge in [-0.05, 0) is 24.3 Å². The molecule has 10 nitrogen and oxygen atoms in total. The van der Waals surface area contributed by atoms with Gasteiger partial charge < -0.3 is 15.0 Å². The second kappa shape index (κ2) is 7.48. The lowest BCUT2D eigenvalue weighted by molar-refractivity contribution is -0.384. The van der Waals surface area contributed by atoms with Gasteiger partial charge in [-0.15, -0.1) is 0 Å². The number of nitriles is 1. The molecule has 0 fully saturated rings. The second-order valence-corrected chi connectivity index (χ2v) is 6.35. The molecule has 4 rings (SSSR count). The van der Waals surface area contributed by atoms with E-state index in [4.69, 9.17) is 10.5 Å². The van der Waals surface area contributed by atoms with Crippen molar-refractivity contribution < 1.29 is 14.5 Å². The van der Waals surface area contributed by atoms with Gasteiger partial charge in [0.25, 0.3) is 5.69 Å². The van der Waals surface area contributed by atoms with Gasteiger partial charge in [-0.25, -0.2) is 14.8 Å². The van der Waals surface area contributed by atoms with Crippen molar-refractivity contribution in [1.29, 1.82) is 5.26 Å². The molecule has 0 aliphatic heterocycles. The number of carbonyl (C=O) groups is 1. The summed E-state index contributed by atoms with van der Waals surface area (Å²) in [6.45, 7) is 0.124. The molecule has 0 atom stereocenters. The number of nitrogens with zero attached hydrogens (tertiary/aromatic N) is 5. The molecule has 10 heteroatoms. The minimum absolute atomic E-state index is 0.0385. The summed E-state index contributed by atoms with van der Waals surface area (Å²) in [6, 6.07) is 14.4. The molecule has 4 aromatic rings. The molecule has 0 aliphatic carbocycles. The first-order valence-corrected chi connectivity index (χ1v) is 8.85. The van der Waals surface area contributed by atoms with Crippen molar-refractivity contribution in [3.05, 3.63) is 69.8 Å². The van der Waals surface area contributed by atoms with Gasteiger partial charge in [0.15, 0.2) is 5.65 Å². The monoisotopic (exact) mass is 402 g/mol. The van der Waals surface area contributed by atoms with Crippen molar-refractivity contribution in [3.8, 4) is 6.07 Å². The normalized spacial score (nSPS) is 10.8. The molecule has 0 amide bonds. The Morgan fingerprint density at radius 1 is 1.17 bits per heavy atom. The van der Waals surface area contributed by atoms with Crippen LogP contribution >= 0.6 is 0 Å². The van der Waals surface area contributed by atoms with Crippen molar-refractivity contribution in [1.82, 2.24) is 14.5 Å². The number of para-hydroxylation sites is 2. The lowest BCUT2D eigenvalue weighted by Crippen LogP contribution is -2.13. The lowest BCUT2D eigenvalue weighted by Gasteiger charge is -2.09. The number of fused-ring (bicyclic) bond motifs is 2. The average molecular weight is 402 g/mol. The van der Waals surface area contributed by atoms with Crippen molar-refractivity contribution in [2.24, 2.45) is 0 Å². The van der Waals surface area contributed by atoms with Crippen molar-refractivity contribution in [2.45, 2.75) is 6.54 Å². The molecule has 0 bridgehead atoms. The van der Waals surface area contributed by atoms with Crippen LogP contribution in [0.4, 0.5) is 11.5 Å². The van der Waals surface area contributed by atoms with Crippen LogP contribution in [0.15, 0.2) is 48.5 Å². The van der Waals surface area contributed by atoms with Crippen LogP contribution in [-0.2, 0) is 11.3 Å². The van der Waals surface area contributed by atoms with E-state index in [1.807, 2.05) is 12.1 Å². The maximum Gasteiger partial charge on any atom is 0.338 e. The molecular formula is C20H14N6O4. The molecule has 0 radical (unpaired) electrons. The molecule has 0 saturated carbocycles. The molecule has 2 heterocycles. The van der Waals surface area contributed by atoms with Crippen LogP contribution in [0.3, 0.4) is 0 Å². The van der Waals surface area contributed by atoms with E-state index in [-0.39, 0.29) is 35.8 Å². The maximum absolute atomic E-state index is 12.2. The van der Waals surface area contributed by atoms with Gasteiger partial charge in [-0.1, -0.05) is 12.1 Å². The molecule has 0 aliphatic rings. The zero-order valence-electron chi connectivity index (χ0n) is 15.5. The highest BCUT2D eigenvalue weighted by atomic mass is 16.6. The topological polar surface area (TPSA) is 150 Å². The third-order valence-corrected chi connectivity index (χ3v) is 4.57. The Hall–Kier alpha value is -4.52. The number of aromatic nitrogens is 3. The summed E-state index contributed by atoms with van der Waals surface area (Å²) in [5.74, 6) is -0.439. The van der Waals surface area contributed by atoms with Crippen LogP contribution in [0, 0.1) is 21.4 Å². The first-order valence-electron chi connectivity index (χ1n) is 8.85. The van der Waals surface area contributed by atoms with E-state index >= 15 is 0 Å². The van der Waals surface area contributed by atoms with Crippen LogP contribution in [-0.4, -0.2) is 32.0 Å². The summed E-state index contributed by atoms with van der Waals surface area (Å²) >= 11 is 0. The number of anilines is 1. The number of ether oxygens (including phenoxy) is 1. The summed E-state index contributed by atoms with van der Waals surface area (Å²) in [4.78, 5) is 31.4. The van der Waals surface area contributed by atoms with E-state index in [1.54, 1.807) is 16.7 Å². The number of hydrogen-bond donors (Lipinski definition) is 1. The standard InChI is InChI=1S/C20H14N6O4/c21-11-14-17-19(24-16-4-2-1-3-15(16)23-17)25(18(14)22)9-10-30-20(27)12-5-7-13(8-6-12)26(28)29/h1-8H,9-10,22H2. The number of nitrogens with two attached hydrogens (primary N) is 1. The number of hydrogen-bond acceptors (Lipinski definition) is 8. The van der Waals surface area contributed by atoms with Gasteiger partial charge in [0.05, 0.1) is 28.1 Å². The highest BCUT2D eigenvalue weighted by molar-refractivity contribution is 5.92. The Balaban J connectivity index is 1.57. The first kappa shape index (κ1) is 18.8. The van der Waals surface area contributed by atoms with Crippen LogP contribution < -0.4 is 5.73 Å². The van der Waals surface area contributed by atoms with Crippen LogP contribution in [0.2, 0.25) is 0 Å². The van der Waals surface area contributed by atoms with Crippen molar-refractivity contribution in [3.63, 3.8) is 0 Å². The van der Waals surface area contributed by atoms with Gasteiger partial charge in [0.1, 0.15) is 29.6 Å². The quantitative estimate of drug-likeness (QED) is 0.304. The number of nitro benzene ring substituents is 1. The maximum atomic E-state index is 12.2. The Labute approximate surface area is 169 Å². The van der Waals surface area contributed by atoms with Gasteiger partial charge in [-0.3, -0.25) is 10.1 Å². The van der Waals surface area contributed by atoms with Gasteiger partial charge in [0, 0.05) is 12.1 Å². The largest absolute Gasteiger partial charge is 0.460 e. The van der Waals surface area contributed by atoms with E-state index in [0.717, 1.165) is 0 Å². The Kier molecular flexibility index (Phi) is 4.69. The zero-order valence-corrected chi connectivity index (χ0v) is 15.5. The van der Waals surface area contributed by atoms with Crippen molar-refractivity contribution >= 4 is 39.7 Å². The molecule has 148 valence electrons. The highest BCUT2D eigenvalue weighted by Crippen LogP contribution is 2.27. The number of non-ortho nitro benzene ring substituents is 1. The molecular weight excluding hydrogens is 388 g/mol. The average Bonchev–Trinajstić information content (AvgIpc) is 3.02. The zero-order chi connectivity index (χ0) is 21.3. The SMILES string of the molecule is N#Cc1c(N)n(CCOC(=O)c2ccc([N+](=O)[O-])cc2)c2nc3ccccc3nc12. The van der Waals surface area contributed by atoms with Crippen LogP contribution in [0.25, 0.3) is 22.2 Å². The van der Waals surface area contributed by atoms with Crippen molar-refractivity contribution in [2.75, 3.05) is 12.3 Å². The molecule has 0 spiro atoms. The predicted molar refractivity (Wildman–Crippen MR) is 108 cm³/mol. The molecule has 2 aromatic heterocycles. The minimum Gasteiger partial charge on any atom is -0.460 e. The fourth-order valence-corrected chi connectivity index (χ4v) is 3.09. The van der Waals surface area contributed by atoms with E-state index < -0.39 is 10.9 Å². The second-order valence-electron chi connectivity index (χ2n) is 6.35. The Morgan fingerprint density at radius 2 is 1.83 bits per heavy atom. The van der Waals surface area contributed by atoms with E-state index in [0.29, 0.717) is 22.2 Å². The fourth-order valence-electron chi connectivity index (χ4n) is 3.09. The first-order chi connectivity index (χ1) is 14.5. The fraction of sp³-hybridized carbons (Fsp3) is 0.100. The number of benzene rings is 2. The number of rotatable bonds is 5. The Morgan fingerprint density at radius 3 is 2.47 bits per heavy atom. The lowest BCUT2D eigenvalue weighted by atomic mass is 10.2. The molecule has 0 saturated heterocycles. The van der Waals surface area contributed by atoms with Crippen LogP contribution in [0.5, 0.6) is 0 Å². The van der Waals surface area contributed by atoms with Gasteiger partial charge in [0.2, 0.25) is 0 Å². The summed E-state index contributed by atoms with van der Waals surface area (Å²) in [5, 5.41) is 20.2. The minimum atomic E-state index is -0.628. The molecule has 2 aromatic carbocycles. The number of carbonyl (C=O) groups excluding carboxylic acids is 1. The summed E-state index contributed by atoms with van der Waals surface area (Å²) in [7, 11) is 0. The number of nitro groups is 1. The summed E-state index contributed by atoms with van der Waals surface area (Å²) in [5.41, 5.74) is 8.50. The highest BCUT2D eigenvalue weighted by Gasteiger charge is 2.19. The van der Waals surface area contributed by atoms with E-state index in [2.05, 4.69) is 16.0 Å². The van der Waals surface area contributed by atoms with E-state index in [1.165, 1.54) is 24.3 Å². The Bertz CT molecular complexity index is 1340. The number of esters is 1. The summed E-state index contributed by atoms with van der Waals surface area (Å²) in [6.07, 6.45) is 0. The molecule has 30 heavy (non-hydrogen) atoms. The smallest absolute Gasteiger partial charge is 0.338 e. The van der Waals surface area contributed by atoms with Crippen LogP contribution in [0.1, 0.15) is 15.9 Å². The van der Waals surface area contributed by atoms with Gasteiger partial charge in [-0.2, -0.15) is 5.26 Å². The summed E-state index contributed by atoms with van der Waals surface area (Å²) < 4.78 is 6.83. The number of nitrogen functional groups attached to an aromatic ring is 1.